The Morgan fingerprint density at radius 2 is 1.80 bits per heavy atom. The number of nitrogens with one attached hydrogen (secondary N) is 2. The lowest BCUT2D eigenvalue weighted by Gasteiger charge is -2.06. The van der Waals surface area contributed by atoms with Gasteiger partial charge in [-0.3, -0.25) is 9.59 Å². The first-order valence-electron chi connectivity index (χ1n) is 9.20. The van der Waals surface area contributed by atoms with Crippen molar-refractivity contribution < 1.29 is 19.1 Å². The monoisotopic (exact) mass is 427 g/mol. The summed E-state index contributed by atoms with van der Waals surface area (Å²) >= 11 is 1.01. The molecule has 0 aliphatic heterocycles. The minimum atomic E-state index is -0.610. The van der Waals surface area contributed by atoms with E-state index in [2.05, 4.69) is 20.8 Å². The van der Waals surface area contributed by atoms with Gasteiger partial charge in [-0.05, 0) is 38.5 Å². The Labute approximate surface area is 177 Å². The Morgan fingerprint density at radius 3 is 2.43 bits per heavy atom. The van der Waals surface area contributed by atoms with E-state index in [0.29, 0.717) is 21.8 Å². The highest BCUT2D eigenvalue weighted by molar-refractivity contribution is 7.18. The molecule has 0 saturated carbocycles. The van der Waals surface area contributed by atoms with E-state index < -0.39 is 11.9 Å². The molecule has 2 N–H and O–H groups in total. The van der Waals surface area contributed by atoms with Crippen molar-refractivity contribution in [2.24, 2.45) is 0 Å². The molecule has 1 aromatic carbocycles. The maximum absolute atomic E-state index is 12.9. The van der Waals surface area contributed by atoms with Crippen molar-refractivity contribution in [1.82, 2.24) is 20.3 Å². The van der Waals surface area contributed by atoms with Gasteiger partial charge in [-0.25, -0.2) is 4.79 Å². The van der Waals surface area contributed by atoms with E-state index in [0.717, 1.165) is 11.3 Å². The fourth-order valence-electron chi connectivity index (χ4n) is 2.81. The molecule has 0 bridgehead atoms. The van der Waals surface area contributed by atoms with Crippen LogP contribution in [0.4, 0.5) is 5.00 Å². The van der Waals surface area contributed by atoms with E-state index in [-0.39, 0.29) is 28.8 Å². The van der Waals surface area contributed by atoms with Gasteiger partial charge in [-0.1, -0.05) is 18.2 Å². The van der Waals surface area contributed by atoms with Crippen molar-refractivity contribution in [2.45, 2.75) is 20.8 Å². The van der Waals surface area contributed by atoms with E-state index in [9.17, 15) is 14.4 Å². The number of carbonyl (C=O) groups is 3. The number of ether oxygens (including phenoxy) is 1. The average Bonchev–Trinajstić information content (AvgIpc) is 3.28. The van der Waals surface area contributed by atoms with Gasteiger partial charge >= 0.3 is 5.97 Å². The molecule has 0 spiro atoms. The van der Waals surface area contributed by atoms with Gasteiger partial charge in [0, 0.05) is 7.05 Å². The molecule has 2 heterocycles. The van der Waals surface area contributed by atoms with E-state index >= 15 is 0 Å². The lowest BCUT2D eigenvalue weighted by Crippen LogP contribution is -2.18. The second-order valence-electron chi connectivity index (χ2n) is 6.27. The van der Waals surface area contributed by atoms with Crippen LogP contribution in [0.15, 0.2) is 30.3 Å². The molecule has 3 rings (SSSR count). The molecule has 2 aromatic heterocycles. The highest BCUT2D eigenvalue weighted by Gasteiger charge is 2.27. The number of aryl methyl sites for hydroxylation is 1. The summed E-state index contributed by atoms with van der Waals surface area (Å²) < 4.78 is 5.10. The molecule has 0 aliphatic rings. The third-order valence-corrected chi connectivity index (χ3v) is 5.48. The molecule has 0 unspecified atom stereocenters. The third kappa shape index (κ3) is 4.08. The number of anilines is 1. The summed E-state index contributed by atoms with van der Waals surface area (Å²) in [5.41, 5.74) is 1.84. The fraction of sp³-hybridized carbons (Fsp3) is 0.250. The molecule has 10 heteroatoms. The summed E-state index contributed by atoms with van der Waals surface area (Å²) in [7, 11) is 1.50. The first kappa shape index (κ1) is 21.2. The maximum Gasteiger partial charge on any atom is 0.341 e. The topological polar surface area (TPSA) is 115 Å². The molecule has 0 radical (unpaired) electrons. The molecule has 3 aromatic rings. The van der Waals surface area contributed by atoms with Crippen LogP contribution in [-0.4, -0.2) is 46.4 Å². The molecule has 0 fully saturated rings. The zero-order valence-electron chi connectivity index (χ0n) is 17.0. The number of amides is 2. The second kappa shape index (κ2) is 8.87. The predicted octanol–water partition coefficient (Wildman–Crippen LogP) is 2.73. The average molecular weight is 427 g/mol. The quantitative estimate of drug-likeness (QED) is 0.585. The Balaban J connectivity index is 1.96. The van der Waals surface area contributed by atoms with Gasteiger partial charge in [0.05, 0.1) is 28.4 Å². The van der Waals surface area contributed by atoms with Crippen LogP contribution in [0.5, 0.6) is 0 Å². The van der Waals surface area contributed by atoms with E-state index in [1.165, 1.54) is 11.8 Å². The van der Waals surface area contributed by atoms with Gasteiger partial charge in [-0.2, -0.15) is 9.90 Å². The van der Waals surface area contributed by atoms with Gasteiger partial charge in [-0.15, -0.1) is 16.4 Å². The van der Waals surface area contributed by atoms with Gasteiger partial charge in [0.15, 0.2) is 5.69 Å². The lowest BCUT2D eigenvalue weighted by molar-refractivity contribution is 0.0527. The highest BCUT2D eigenvalue weighted by Crippen LogP contribution is 2.34. The van der Waals surface area contributed by atoms with Crippen LogP contribution < -0.4 is 10.6 Å². The van der Waals surface area contributed by atoms with Crippen molar-refractivity contribution in [1.29, 1.82) is 0 Å². The minimum absolute atomic E-state index is 0.112. The molecule has 9 nitrogen and oxygen atoms in total. The zero-order chi connectivity index (χ0) is 21.8. The zero-order valence-corrected chi connectivity index (χ0v) is 17.8. The number of carbonyl (C=O) groups excluding carboxylic acids is 3. The van der Waals surface area contributed by atoms with Crippen LogP contribution in [0.25, 0.3) is 5.69 Å². The number of hydrogen-bond donors (Lipinski definition) is 2. The predicted molar refractivity (Wildman–Crippen MR) is 112 cm³/mol. The number of para-hydroxylation sites is 1. The van der Waals surface area contributed by atoms with Crippen LogP contribution in [0, 0.1) is 13.8 Å². The Hall–Kier alpha value is -3.53. The van der Waals surface area contributed by atoms with Crippen LogP contribution >= 0.6 is 11.3 Å². The van der Waals surface area contributed by atoms with Crippen LogP contribution in [-0.2, 0) is 4.74 Å². The number of aromatic nitrogens is 3. The van der Waals surface area contributed by atoms with E-state index in [1.807, 2.05) is 30.3 Å². The molecule has 0 atom stereocenters. The highest BCUT2D eigenvalue weighted by atomic mass is 32.1. The van der Waals surface area contributed by atoms with E-state index in [1.54, 1.807) is 20.8 Å². The summed E-state index contributed by atoms with van der Waals surface area (Å²) in [5.74, 6) is -1.50. The van der Waals surface area contributed by atoms with Crippen molar-refractivity contribution in [2.75, 3.05) is 19.0 Å². The first-order chi connectivity index (χ1) is 14.4. The Kier molecular flexibility index (Phi) is 6.26. The standard InChI is InChI=1S/C20H21N5O4S/c1-5-29-20(28)14-11(2)16(18(27)21-4)30-19(14)22-17(26)15-12(3)23-25(24-15)13-9-7-6-8-10-13/h6-10H,5H2,1-4H3,(H,21,27)(H,22,26). The Bertz CT molecular complexity index is 1100. The summed E-state index contributed by atoms with van der Waals surface area (Å²) in [4.78, 5) is 39.2. The van der Waals surface area contributed by atoms with Crippen molar-refractivity contribution in [3.63, 3.8) is 0 Å². The number of thiophene rings is 1. The maximum atomic E-state index is 12.9. The van der Waals surface area contributed by atoms with Crippen LogP contribution in [0.3, 0.4) is 0 Å². The second-order valence-corrected chi connectivity index (χ2v) is 7.29. The summed E-state index contributed by atoms with van der Waals surface area (Å²) in [6.07, 6.45) is 0. The van der Waals surface area contributed by atoms with Gasteiger partial charge in [0.2, 0.25) is 0 Å². The number of benzene rings is 1. The van der Waals surface area contributed by atoms with Crippen LogP contribution in [0.1, 0.15) is 48.7 Å². The smallest absolute Gasteiger partial charge is 0.341 e. The largest absolute Gasteiger partial charge is 0.462 e. The lowest BCUT2D eigenvalue weighted by atomic mass is 10.1. The third-order valence-electron chi connectivity index (χ3n) is 4.27. The fourth-order valence-corrected chi connectivity index (χ4v) is 3.94. The molecule has 156 valence electrons. The molecule has 0 saturated heterocycles. The Morgan fingerprint density at radius 1 is 1.10 bits per heavy atom. The summed E-state index contributed by atoms with van der Waals surface area (Å²) in [5, 5.41) is 14.0. The summed E-state index contributed by atoms with van der Waals surface area (Å²) in [6.45, 7) is 5.16. The van der Waals surface area contributed by atoms with Gasteiger partial charge in [0.25, 0.3) is 11.8 Å². The van der Waals surface area contributed by atoms with Gasteiger partial charge < -0.3 is 15.4 Å². The molecular formula is C20H21N5O4S. The van der Waals surface area contributed by atoms with Crippen molar-refractivity contribution in [3.05, 3.63) is 57.7 Å². The minimum Gasteiger partial charge on any atom is -0.462 e. The van der Waals surface area contributed by atoms with Gasteiger partial charge in [0.1, 0.15) is 5.00 Å². The molecule has 0 aliphatic carbocycles. The molecule has 2 amide bonds. The number of nitrogens with zero attached hydrogens (tertiary/aromatic N) is 3. The molecular weight excluding hydrogens is 406 g/mol. The normalized spacial score (nSPS) is 10.5. The number of rotatable bonds is 6. The number of esters is 1. The summed E-state index contributed by atoms with van der Waals surface area (Å²) in [6, 6.07) is 9.19. The number of hydrogen-bond acceptors (Lipinski definition) is 7. The first-order valence-corrected chi connectivity index (χ1v) is 10.0. The van der Waals surface area contributed by atoms with E-state index in [4.69, 9.17) is 4.74 Å². The van der Waals surface area contributed by atoms with Crippen molar-refractivity contribution in [3.8, 4) is 5.69 Å². The van der Waals surface area contributed by atoms with Crippen molar-refractivity contribution >= 4 is 34.1 Å². The molecule has 30 heavy (non-hydrogen) atoms. The van der Waals surface area contributed by atoms with Crippen LogP contribution in [0.2, 0.25) is 0 Å². The SMILES string of the molecule is CCOC(=O)c1c(NC(=O)c2nn(-c3ccccc3)nc2C)sc(C(=O)NC)c1C.